The molecule has 0 atom stereocenters. The van der Waals surface area contributed by atoms with Crippen LogP contribution >= 0.6 is 0 Å². The average Bonchev–Trinajstić information content (AvgIpc) is 2.67. The Kier molecular flexibility index (Phi) is 4.09. The summed E-state index contributed by atoms with van der Waals surface area (Å²) >= 11 is 0. The molecule has 3 aromatic rings. The van der Waals surface area contributed by atoms with E-state index in [4.69, 9.17) is 4.74 Å². The Morgan fingerprint density at radius 2 is 1.72 bits per heavy atom. The summed E-state index contributed by atoms with van der Waals surface area (Å²) < 4.78 is 5.20. The van der Waals surface area contributed by atoms with Crippen molar-refractivity contribution in [2.45, 2.75) is 6.92 Å². The van der Waals surface area contributed by atoms with Gasteiger partial charge in [0.25, 0.3) is 0 Å². The third kappa shape index (κ3) is 3.07. The summed E-state index contributed by atoms with van der Waals surface area (Å²) in [7, 11) is 1.60. The molecule has 3 heterocycles. The van der Waals surface area contributed by atoms with E-state index in [0.29, 0.717) is 6.01 Å². The molecule has 128 valence electrons. The van der Waals surface area contributed by atoms with Gasteiger partial charge >= 0.3 is 6.01 Å². The number of anilines is 2. The Labute approximate surface area is 147 Å². The van der Waals surface area contributed by atoms with Crippen LogP contribution in [0.15, 0.2) is 42.7 Å². The van der Waals surface area contributed by atoms with E-state index < -0.39 is 0 Å². The highest BCUT2D eigenvalue weighted by Crippen LogP contribution is 2.27. The SMILES string of the molecule is COc1nc(C)cc(N2CCN(c3cncc4ccccc34)CC2)n1. The molecule has 2 aromatic heterocycles. The van der Waals surface area contributed by atoms with Gasteiger partial charge in [0.15, 0.2) is 0 Å². The quantitative estimate of drug-likeness (QED) is 0.733. The standard InChI is InChI=1S/C19H21N5O/c1-14-11-18(22-19(21-14)25-2)24-9-7-23(8-10-24)17-13-20-12-15-5-3-4-6-16(15)17/h3-6,11-13H,7-10H2,1-2H3. The number of aromatic nitrogens is 3. The second-order valence-electron chi connectivity index (χ2n) is 6.21. The molecular weight excluding hydrogens is 314 g/mol. The highest BCUT2D eigenvalue weighted by atomic mass is 16.5. The second kappa shape index (κ2) is 6.55. The fraction of sp³-hybridized carbons (Fsp3) is 0.316. The molecule has 0 N–H and O–H groups in total. The van der Waals surface area contributed by atoms with E-state index in [0.717, 1.165) is 37.7 Å². The van der Waals surface area contributed by atoms with Gasteiger partial charge in [0.2, 0.25) is 0 Å². The van der Waals surface area contributed by atoms with Gasteiger partial charge in [0.1, 0.15) is 5.82 Å². The van der Waals surface area contributed by atoms with Crippen LogP contribution in [0.4, 0.5) is 11.5 Å². The predicted molar refractivity (Wildman–Crippen MR) is 99.5 cm³/mol. The van der Waals surface area contributed by atoms with Gasteiger partial charge < -0.3 is 14.5 Å². The third-order valence-corrected chi connectivity index (χ3v) is 4.59. The molecule has 1 aromatic carbocycles. The van der Waals surface area contributed by atoms with Crippen molar-refractivity contribution < 1.29 is 4.74 Å². The number of aryl methyl sites for hydroxylation is 1. The maximum atomic E-state index is 5.20. The van der Waals surface area contributed by atoms with Crippen LogP contribution in [0.3, 0.4) is 0 Å². The van der Waals surface area contributed by atoms with Crippen molar-refractivity contribution in [3.8, 4) is 6.01 Å². The van der Waals surface area contributed by atoms with E-state index in [9.17, 15) is 0 Å². The minimum atomic E-state index is 0.427. The van der Waals surface area contributed by atoms with Crippen molar-refractivity contribution in [2.75, 3.05) is 43.1 Å². The Morgan fingerprint density at radius 1 is 0.960 bits per heavy atom. The lowest BCUT2D eigenvalue weighted by atomic mass is 10.1. The minimum Gasteiger partial charge on any atom is -0.467 e. The lowest BCUT2D eigenvalue weighted by molar-refractivity contribution is 0.378. The van der Waals surface area contributed by atoms with Crippen molar-refractivity contribution in [2.24, 2.45) is 0 Å². The molecule has 0 unspecified atom stereocenters. The van der Waals surface area contributed by atoms with Crippen LogP contribution in [-0.4, -0.2) is 48.2 Å². The lowest BCUT2D eigenvalue weighted by Gasteiger charge is -2.37. The van der Waals surface area contributed by atoms with Crippen molar-refractivity contribution in [3.63, 3.8) is 0 Å². The number of piperazine rings is 1. The zero-order valence-electron chi connectivity index (χ0n) is 14.5. The van der Waals surface area contributed by atoms with Crippen LogP contribution in [0.25, 0.3) is 10.8 Å². The predicted octanol–water partition coefficient (Wildman–Crippen LogP) is 2.67. The van der Waals surface area contributed by atoms with Gasteiger partial charge in [-0.3, -0.25) is 4.98 Å². The molecule has 1 aliphatic rings. The third-order valence-electron chi connectivity index (χ3n) is 4.59. The van der Waals surface area contributed by atoms with Gasteiger partial charge in [0, 0.05) is 54.9 Å². The molecule has 0 bridgehead atoms. The van der Waals surface area contributed by atoms with E-state index in [2.05, 4.69) is 49.0 Å². The highest BCUT2D eigenvalue weighted by molar-refractivity contribution is 5.93. The normalized spacial score (nSPS) is 14.8. The smallest absolute Gasteiger partial charge is 0.318 e. The molecule has 0 aliphatic carbocycles. The number of benzene rings is 1. The van der Waals surface area contributed by atoms with Crippen LogP contribution in [-0.2, 0) is 0 Å². The Hall–Kier alpha value is -2.89. The van der Waals surface area contributed by atoms with Crippen LogP contribution in [0.1, 0.15) is 5.69 Å². The summed E-state index contributed by atoms with van der Waals surface area (Å²) in [4.78, 5) is 17.8. The van der Waals surface area contributed by atoms with Gasteiger partial charge in [-0.1, -0.05) is 24.3 Å². The first kappa shape index (κ1) is 15.6. The Balaban J connectivity index is 1.54. The van der Waals surface area contributed by atoms with Crippen LogP contribution < -0.4 is 14.5 Å². The maximum Gasteiger partial charge on any atom is 0.318 e. The van der Waals surface area contributed by atoms with Gasteiger partial charge in [-0.15, -0.1) is 0 Å². The van der Waals surface area contributed by atoms with E-state index in [1.807, 2.05) is 25.4 Å². The molecule has 1 saturated heterocycles. The monoisotopic (exact) mass is 335 g/mol. The number of fused-ring (bicyclic) bond motifs is 1. The first-order valence-electron chi connectivity index (χ1n) is 8.47. The molecule has 4 rings (SSSR count). The van der Waals surface area contributed by atoms with Crippen LogP contribution in [0, 0.1) is 6.92 Å². The Morgan fingerprint density at radius 3 is 2.52 bits per heavy atom. The number of hydrogen-bond donors (Lipinski definition) is 0. The number of nitrogens with zero attached hydrogens (tertiary/aromatic N) is 5. The number of pyridine rings is 1. The summed E-state index contributed by atoms with van der Waals surface area (Å²) in [6, 6.07) is 10.8. The van der Waals surface area contributed by atoms with Gasteiger partial charge in [-0.2, -0.15) is 4.98 Å². The fourth-order valence-corrected chi connectivity index (χ4v) is 3.31. The molecule has 25 heavy (non-hydrogen) atoms. The first-order chi connectivity index (χ1) is 12.2. The van der Waals surface area contributed by atoms with E-state index in [-0.39, 0.29) is 0 Å². The summed E-state index contributed by atoms with van der Waals surface area (Å²) in [5.41, 5.74) is 2.12. The summed E-state index contributed by atoms with van der Waals surface area (Å²) in [5, 5.41) is 2.43. The zero-order chi connectivity index (χ0) is 17.2. The largest absolute Gasteiger partial charge is 0.467 e. The van der Waals surface area contributed by atoms with Crippen molar-refractivity contribution in [1.82, 2.24) is 15.0 Å². The number of rotatable bonds is 3. The van der Waals surface area contributed by atoms with E-state index in [1.165, 1.54) is 16.5 Å². The molecule has 6 heteroatoms. The molecule has 0 saturated carbocycles. The molecular formula is C19H21N5O. The van der Waals surface area contributed by atoms with E-state index in [1.54, 1.807) is 7.11 Å². The van der Waals surface area contributed by atoms with Gasteiger partial charge in [0.05, 0.1) is 19.0 Å². The molecule has 0 amide bonds. The fourth-order valence-electron chi connectivity index (χ4n) is 3.31. The Bertz CT molecular complexity index is 885. The summed E-state index contributed by atoms with van der Waals surface area (Å²) in [5.74, 6) is 0.931. The summed E-state index contributed by atoms with van der Waals surface area (Å²) in [6.45, 7) is 5.64. The summed E-state index contributed by atoms with van der Waals surface area (Å²) in [6.07, 6.45) is 3.89. The van der Waals surface area contributed by atoms with Crippen LogP contribution in [0.2, 0.25) is 0 Å². The number of ether oxygens (including phenoxy) is 1. The topological polar surface area (TPSA) is 54.4 Å². The van der Waals surface area contributed by atoms with Crippen LogP contribution in [0.5, 0.6) is 6.01 Å². The van der Waals surface area contributed by atoms with E-state index >= 15 is 0 Å². The maximum absolute atomic E-state index is 5.20. The van der Waals surface area contributed by atoms with Gasteiger partial charge in [-0.05, 0) is 6.92 Å². The molecule has 6 nitrogen and oxygen atoms in total. The van der Waals surface area contributed by atoms with Crippen molar-refractivity contribution in [3.05, 3.63) is 48.4 Å². The molecule has 1 fully saturated rings. The average molecular weight is 335 g/mol. The van der Waals surface area contributed by atoms with Crippen molar-refractivity contribution >= 4 is 22.3 Å². The number of hydrogen-bond acceptors (Lipinski definition) is 6. The lowest BCUT2D eigenvalue weighted by Crippen LogP contribution is -2.47. The number of methoxy groups -OCH3 is 1. The molecule has 1 aliphatic heterocycles. The molecule has 0 radical (unpaired) electrons. The minimum absolute atomic E-state index is 0.427. The highest BCUT2D eigenvalue weighted by Gasteiger charge is 2.20. The van der Waals surface area contributed by atoms with Crippen molar-refractivity contribution in [1.29, 1.82) is 0 Å². The van der Waals surface area contributed by atoms with Gasteiger partial charge in [-0.25, -0.2) is 4.98 Å². The zero-order valence-corrected chi connectivity index (χ0v) is 14.5. The molecule has 0 spiro atoms. The second-order valence-corrected chi connectivity index (χ2v) is 6.21. The first-order valence-corrected chi connectivity index (χ1v) is 8.47.